The number of fused-ring (bicyclic) bond motifs is 1. The van der Waals surface area contributed by atoms with Crippen molar-refractivity contribution in [3.63, 3.8) is 0 Å². The number of rotatable bonds is 4. The molecule has 26 heavy (non-hydrogen) atoms. The highest BCUT2D eigenvalue weighted by Crippen LogP contribution is 2.29. The Labute approximate surface area is 159 Å². The van der Waals surface area contributed by atoms with E-state index in [-0.39, 0.29) is 0 Å². The van der Waals surface area contributed by atoms with Gasteiger partial charge in [0.2, 0.25) is 0 Å². The van der Waals surface area contributed by atoms with Gasteiger partial charge in [0.1, 0.15) is 0 Å². The molecule has 4 heteroatoms. The van der Waals surface area contributed by atoms with Crippen molar-refractivity contribution in [1.82, 2.24) is 9.13 Å². The largest absolute Gasteiger partial charge is 0.323 e. The third-order valence-electron chi connectivity index (χ3n) is 5.31. The van der Waals surface area contributed by atoms with Gasteiger partial charge in [-0.15, -0.1) is 0 Å². The van der Waals surface area contributed by atoms with Gasteiger partial charge in [-0.05, 0) is 66.7 Å². The summed E-state index contributed by atoms with van der Waals surface area (Å²) in [6.07, 6.45) is 8.48. The van der Waals surface area contributed by atoms with Crippen LogP contribution in [0, 0.1) is 16.1 Å². The summed E-state index contributed by atoms with van der Waals surface area (Å²) in [4.78, 5) is 0. The second-order valence-corrected chi connectivity index (χ2v) is 7.27. The molecule has 1 aliphatic carbocycles. The van der Waals surface area contributed by atoms with Crippen molar-refractivity contribution >= 4 is 12.2 Å². The number of hydrogen-bond donors (Lipinski definition) is 0. The first-order valence-corrected chi connectivity index (χ1v) is 9.48. The number of aryl methyl sites for hydroxylation is 3. The quantitative estimate of drug-likeness (QED) is 0.623. The van der Waals surface area contributed by atoms with Crippen LogP contribution in [0.25, 0.3) is 0 Å². The third-order valence-corrected chi connectivity index (χ3v) is 5.76. The minimum absolute atomic E-state index is 0.452. The van der Waals surface area contributed by atoms with Gasteiger partial charge in [0.15, 0.2) is 4.77 Å². The van der Waals surface area contributed by atoms with Crippen molar-refractivity contribution in [3.8, 4) is 6.07 Å². The van der Waals surface area contributed by atoms with E-state index in [0.717, 1.165) is 37.0 Å². The Morgan fingerprint density at radius 1 is 1.04 bits per heavy atom. The average Bonchev–Trinajstić information content (AvgIpc) is 3.07. The van der Waals surface area contributed by atoms with E-state index in [4.69, 9.17) is 17.5 Å². The molecule has 0 radical (unpaired) electrons. The molecule has 3 aromatic rings. The summed E-state index contributed by atoms with van der Waals surface area (Å²) in [6.45, 7) is 0.862. The van der Waals surface area contributed by atoms with Crippen LogP contribution in [0.5, 0.6) is 0 Å². The summed E-state index contributed by atoms with van der Waals surface area (Å²) in [5, 5.41) is 8.89. The highest BCUT2D eigenvalue weighted by molar-refractivity contribution is 7.71. The molecule has 130 valence electrons. The molecule has 0 bridgehead atoms. The first-order valence-electron chi connectivity index (χ1n) is 9.07. The van der Waals surface area contributed by atoms with Gasteiger partial charge in [-0.3, -0.25) is 0 Å². The second-order valence-electron chi connectivity index (χ2n) is 6.91. The summed E-state index contributed by atoms with van der Waals surface area (Å²) >= 11 is 5.74. The lowest BCUT2D eigenvalue weighted by Gasteiger charge is -2.25. The molecule has 3 nitrogen and oxygen atoms in total. The Kier molecular flexibility index (Phi) is 4.73. The number of hydrogen-bond acceptors (Lipinski definition) is 2. The van der Waals surface area contributed by atoms with E-state index in [1.165, 1.54) is 16.7 Å². The Balaban J connectivity index is 1.47. The predicted octanol–water partition coefficient (Wildman–Crippen LogP) is 4.86. The van der Waals surface area contributed by atoms with Gasteiger partial charge in [0.05, 0.1) is 11.6 Å². The summed E-state index contributed by atoms with van der Waals surface area (Å²) < 4.78 is 5.33. The van der Waals surface area contributed by atoms with Crippen LogP contribution in [0.1, 0.15) is 34.7 Å². The van der Waals surface area contributed by atoms with Crippen LogP contribution in [-0.4, -0.2) is 9.13 Å². The standard InChI is InChI=1S/C22H21N3S/c23-16-18-7-5-17(6-8-18)11-12-24-13-14-25(22(24)26)21-10-9-19-3-1-2-4-20(19)15-21/h1-8,13-14,21H,9-12,15H2. The molecular weight excluding hydrogens is 338 g/mol. The topological polar surface area (TPSA) is 33.6 Å². The first-order chi connectivity index (χ1) is 12.7. The molecule has 0 N–H and O–H groups in total. The molecule has 0 saturated heterocycles. The van der Waals surface area contributed by atoms with Gasteiger partial charge in [-0.25, -0.2) is 0 Å². The van der Waals surface area contributed by atoms with Gasteiger partial charge in [-0.2, -0.15) is 5.26 Å². The predicted molar refractivity (Wildman–Crippen MR) is 106 cm³/mol. The van der Waals surface area contributed by atoms with Crippen LogP contribution in [-0.2, 0) is 25.8 Å². The Hall–Kier alpha value is -2.64. The first kappa shape index (κ1) is 16.8. The van der Waals surface area contributed by atoms with Gasteiger partial charge < -0.3 is 9.13 Å². The van der Waals surface area contributed by atoms with Crippen molar-refractivity contribution in [3.05, 3.63) is 87.9 Å². The van der Waals surface area contributed by atoms with Crippen LogP contribution < -0.4 is 0 Å². The molecule has 2 aromatic carbocycles. The lowest BCUT2D eigenvalue weighted by atomic mass is 9.88. The van der Waals surface area contributed by atoms with Crippen LogP contribution in [0.2, 0.25) is 0 Å². The van der Waals surface area contributed by atoms with Gasteiger partial charge >= 0.3 is 0 Å². The van der Waals surface area contributed by atoms with Crippen LogP contribution in [0.3, 0.4) is 0 Å². The maximum atomic E-state index is 8.89. The zero-order chi connectivity index (χ0) is 17.9. The fourth-order valence-electron chi connectivity index (χ4n) is 3.79. The van der Waals surface area contributed by atoms with E-state index in [1.807, 2.05) is 24.3 Å². The van der Waals surface area contributed by atoms with Crippen molar-refractivity contribution in [1.29, 1.82) is 5.26 Å². The second kappa shape index (κ2) is 7.31. The van der Waals surface area contributed by atoms with E-state index < -0.39 is 0 Å². The summed E-state index contributed by atoms with van der Waals surface area (Å²) in [6, 6.07) is 19.2. The molecule has 1 atom stereocenters. The van der Waals surface area contributed by atoms with E-state index in [0.29, 0.717) is 11.6 Å². The summed E-state index contributed by atoms with van der Waals surface area (Å²) in [5.41, 5.74) is 4.87. The maximum absolute atomic E-state index is 8.89. The zero-order valence-corrected chi connectivity index (χ0v) is 15.5. The number of benzene rings is 2. The number of nitrogens with zero attached hydrogens (tertiary/aromatic N) is 3. The zero-order valence-electron chi connectivity index (χ0n) is 14.6. The minimum Gasteiger partial charge on any atom is -0.323 e. The molecule has 0 spiro atoms. The van der Waals surface area contributed by atoms with E-state index in [9.17, 15) is 0 Å². The Morgan fingerprint density at radius 3 is 2.58 bits per heavy atom. The van der Waals surface area contributed by atoms with Gasteiger partial charge in [0, 0.05) is 25.0 Å². The molecule has 1 unspecified atom stereocenters. The monoisotopic (exact) mass is 359 g/mol. The molecular formula is C22H21N3S. The van der Waals surface area contributed by atoms with Crippen molar-refractivity contribution < 1.29 is 0 Å². The van der Waals surface area contributed by atoms with Crippen LogP contribution in [0.4, 0.5) is 0 Å². The van der Waals surface area contributed by atoms with Crippen molar-refractivity contribution in [2.45, 2.75) is 38.3 Å². The molecule has 0 saturated carbocycles. The van der Waals surface area contributed by atoms with Crippen molar-refractivity contribution in [2.24, 2.45) is 0 Å². The SMILES string of the molecule is N#Cc1ccc(CCn2ccn(C3CCc4ccccc4C3)c2=S)cc1. The lowest BCUT2D eigenvalue weighted by molar-refractivity contribution is 0.432. The molecule has 0 aliphatic heterocycles. The molecule has 0 fully saturated rings. The fraction of sp³-hybridized carbons (Fsp3) is 0.273. The van der Waals surface area contributed by atoms with E-state index in [2.05, 4.69) is 51.9 Å². The molecule has 0 amide bonds. The van der Waals surface area contributed by atoms with Crippen LogP contribution in [0.15, 0.2) is 60.9 Å². The van der Waals surface area contributed by atoms with E-state index >= 15 is 0 Å². The number of nitriles is 1. The normalized spacial score (nSPS) is 16.0. The smallest absolute Gasteiger partial charge is 0.180 e. The molecule has 1 heterocycles. The van der Waals surface area contributed by atoms with E-state index in [1.54, 1.807) is 0 Å². The highest BCUT2D eigenvalue weighted by atomic mass is 32.1. The average molecular weight is 359 g/mol. The molecule has 1 aromatic heterocycles. The maximum Gasteiger partial charge on any atom is 0.180 e. The number of aromatic nitrogens is 2. The Bertz CT molecular complexity index is 1000. The lowest BCUT2D eigenvalue weighted by Crippen LogP contribution is -2.18. The van der Waals surface area contributed by atoms with Crippen molar-refractivity contribution in [2.75, 3.05) is 0 Å². The molecule has 4 rings (SSSR count). The van der Waals surface area contributed by atoms with Crippen LogP contribution >= 0.6 is 12.2 Å². The highest BCUT2D eigenvalue weighted by Gasteiger charge is 2.20. The third kappa shape index (κ3) is 3.36. The van der Waals surface area contributed by atoms with Gasteiger partial charge in [-0.1, -0.05) is 36.4 Å². The Morgan fingerprint density at radius 2 is 1.81 bits per heavy atom. The fourth-order valence-corrected chi connectivity index (χ4v) is 4.15. The summed E-state index contributed by atoms with van der Waals surface area (Å²) in [5.74, 6) is 0. The molecule has 1 aliphatic rings. The minimum atomic E-state index is 0.452. The van der Waals surface area contributed by atoms with Gasteiger partial charge in [0.25, 0.3) is 0 Å². The number of imidazole rings is 1. The summed E-state index contributed by atoms with van der Waals surface area (Å²) in [7, 11) is 0.